The molecule has 1 rings (SSSR count). The molecule has 0 bridgehead atoms. The summed E-state index contributed by atoms with van der Waals surface area (Å²) in [5.41, 5.74) is 6.68. The van der Waals surface area contributed by atoms with Crippen molar-refractivity contribution >= 4 is 23.4 Å². The third kappa shape index (κ3) is 4.14. The first-order chi connectivity index (χ1) is 7.42. The third-order valence-electron chi connectivity index (χ3n) is 1.83. The number of thioether (sulfide) groups is 1. The number of benzene rings is 1. The molecule has 0 aliphatic rings. The van der Waals surface area contributed by atoms with Crippen LogP contribution >= 0.6 is 11.8 Å². The Hall–Kier alpha value is -1.16. The molecule has 0 aliphatic carbocycles. The molecule has 0 aromatic heterocycles. The molecule has 0 unspecified atom stereocenters. The van der Waals surface area contributed by atoms with E-state index in [1.165, 1.54) is 0 Å². The van der Waals surface area contributed by atoms with Crippen molar-refractivity contribution < 1.29 is 0 Å². The third-order valence-corrected chi connectivity index (χ3v) is 2.62. The summed E-state index contributed by atoms with van der Waals surface area (Å²) in [4.78, 5) is 5.52. The topological polar surface area (TPSA) is 50.4 Å². The number of rotatable bonds is 2. The van der Waals surface area contributed by atoms with Gasteiger partial charge in [0.05, 0.1) is 11.2 Å². The SMILES string of the molecule is CSc1ccccc1NC(N)=NC(C)(C)C. The van der Waals surface area contributed by atoms with E-state index in [0.717, 1.165) is 10.6 Å². The second-order valence-electron chi connectivity index (χ2n) is 4.49. The van der Waals surface area contributed by atoms with Crippen LogP contribution in [0.15, 0.2) is 34.2 Å². The molecule has 3 nitrogen and oxygen atoms in total. The smallest absolute Gasteiger partial charge is 0.193 e. The Balaban J connectivity index is 2.85. The average Bonchev–Trinajstić information content (AvgIpc) is 2.15. The summed E-state index contributed by atoms with van der Waals surface area (Å²) in [7, 11) is 0. The molecule has 3 N–H and O–H groups in total. The number of hydrogen-bond acceptors (Lipinski definition) is 2. The number of nitrogens with one attached hydrogen (secondary N) is 1. The molecule has 0 radical (unpaired) electrons. The van der Waals surface area contributed by atoms with Gasteiger partial charge in [-0.05, 0) is 39.2 Å². The largest absolute Gasteiger partial charge is 0.370 e. The summed E-state index contributed by atoms with van der Waals surface area (Å²) in [5.74, 6) is 0.453. The normalized spacial score (nSPS) is 12.6. The maximum absolute atomic E-state index is 5.85. The summed E-state index contributed by atoms with van der Waals surface area (Å²) in [5, 5.41) is 3.12. The lowest BCUT2D eigenvalue weighted by atomic mass is 10.1. The molecule has 0 atom stereocenters. The van der Waals surface area contributed by atoms with Gasteiger partial charge in [-0.25, -0.2) is 4.99 Å². The minimum absolute atomic E-state index is 0.161. The second kappa shape index (κ2) is 5.25. The zero-order valence-corrected chi connectivity index (χ0v) is 11.1. The fraction of sp³-hybridized carbons (Fsp3) is 0.417. The molecule has 0 heterocycles. The van der Waals surface area contributed by atoms with Crippen molar-refractivity contribution in [2.45, 2.75) is 31.2 Å². The predicted molar refractivity (Wildman–Crippen MR) is 73.2 cm³/mol. The van der Waals surface area contributed by atoms with E-state index in [9.17, 15) is 0 Å². The van der Waals surface area contributed by atoms with Gasteiger partial charge in [0, 0.05) is 4.90 Å². The molecule has 0 spiro atoms. The number of hydrogen-bond donors (Lipinski definition) is 2. The molecule has 0 aliphatic heterocycles. The number of nitrogens with zero attached hydrogens (tertiary/aromatic N) is 1. The van der Waals surface area contributed by atoms with Gasteiger partial charge in [-0.3, -0.25) is 0 Å². The summed E-state index contributed by atoms with van der Waals surface area (Å²) in [6.45, 7) is 6.05. The van der Waals surface area contributed by atoms with Crippen LogP contribution < -0.4 is 11.1 Å². The van der Waals surface area contributed by atoms with Gasteiger partial charge in [-0.15, -0.1) is 11.8 Å². The van der Waals surface area contributed by atoms with Crippen molar-refractivity contribution in [3.63, 3.8) is 0 Å². The number of guanidine groups is 1. The fourth-order valence-corrected chi connectivity index (χ4v) is 1.83. The average molecular weight is 237 g/mol. The molecular weight excluding hydrogens is 218 g/mol. The van der Waals surface area contributed by atoms with Crippen molar-refractivity contribution in [2.24, 2.45) is 10.7 Å². The number of para-hydroxylation sites is 1. The maximum atomic E-state index is 5.85. The van der Waals surface area contributed by atoms with E-state index in [1.807, 2.05) is 45.2 Å². The zero-order valence-electron chi connectivity index (χ0n) is 10.2. The predicted octanol–water partition coefficient (Wildman–Crippen LogP) is 2.93. The van der Waals surface area contributed by atoms with Crippen molar-refractivity contribution in [2.75, 3.05) is 11.6 Å². The van der Waals surface area contributed by atoms with E-state index in [4.69, 9.17) is 5.73 Å². The van der Waals surface area contributed by atoms with Gasteiger partial charge in [0.2, 0.25) is 0 Å². The number of nitrogens with two attached hydrogens (primary N) is 1. The number of aliphatic imine (C=N–C) groups is 1. The van der Waals surface area contributed by atoms with Gasteiger partial charge in [0.25, 0.3) is 0 Å². The Morgan fingerprint density at radius 1 is 1.31 bits per heavy atom. The molecule has 0 saturated carbocycles. The van der Waals surface area contributed by atoms with Crippen LogP contribution in [0.4, 0.5) is 5.69 Å². The van der Waals surface area contributed by atoms with E-state index < -0.39 is 0 Å². The molecule has 0 fully saturated rings. The molecule has 1 aromatic carbocycles. The summed E-state index contributed by atoms with van der Waals surface area (Å²) in [6, 6.07) is 8.04. The molecule has 16 heavy (non-hydrogen) atoms. The van der Waals surface area contributed by atoms with Gasteiger partial charge in [0.15, 0.2) is 5.96 Å². The monoisotopic (exact) mass is 237 g/mol. The van der Waals surface area contributed by atoms with Gasteiger partial charge in [0.1, 0.15) is 0 Å². The van der Waals surface area contributed by atoms with Crippen molar-refractivity contribution in [3.05, 3.63) is 24.3 Å². The lowest BCUT2D eigenvalue weighted by Crippen LogP contribution is -2.27. The van der Waals surface area contributed by atoms with Gasteiger partial charge >= 0.3 is 0 Å². The lowest BCUT2D eigenvalue weighted by Gasteiger charge is -2.15. The Kier molecular flexibility index (Phi) is 4.24. The van der Waals surface area contributed by atoms with Crippen LogP contribution in [0.2, 0.25) is 0 Å². The van der Waals surface area contributed by atoms with E-state index in [-0.39, 0.29) is 5.54 Å². The van der Waals surface area contributed by atoms with Crippen molar-refractivity contribution in [1.82, 2.24) is 0 Å². The highest BCUT2D eigenvalue weighted by Gasteiger charge is 2.09. The minimum Gasteiger partial charge on any atom is -0.370 e. The van der Waals surface area contributed by atoms with E-state index in [1.54, 1.807) is 11.8 Å². The van der Waals surface area contributed by atoms with Crippen LogP contribution in [-0.4, -0.2) is 17.8 Å². The Labute approximate surface area is 102 Å². The zero-order chi connectivity index (χ0) is 12.2. The fourth-order valence-electron chi connectivity index (χ4n) is 1.28. The van der Waals surface area contributed by atoms with Gasteiger partial charge < -0.3 is 11.1 Å². The van der Waals surface area contributed by atoms with Gasteiger partial charge in [-0.2, -0.15) is 0 Å². The van der Waals surface area contributed by atoms with Crippen molar-refractivity contribution in [3.8, 4) is 0 Å². The van der Waals surface area contributed by atoms with E-state index >= 15 is 0 Å². The van der Waals surface area contributed by atoms with Crippen LogP contribution in [0.25, 0.3) is 0 Å². The van der Waals surface area contributed by atoms with E-state index in [2.05, 4.69) is 16.4 Å². The molecule has 88 valence electrons. The molecular formula is C12H19N3S. The highest BCUT2D eigenvalue weighted by molar-refractivity contribution is 7.98. The van der Waals surface area contributed by atoms with E-state index in [0.29, 0.717) is 5.96 Å². The summed E-state index contributed by atoms with van der Waals surface area (Å²) < 4.78 is 0. The van der Waals surface area contributed by atoms with Crippen LogP contribution in [0.3, 0.4) is 0 Å². The van der Waals surface area contributed by atoms with Gasteiger partial charge in [-0.1, -0.05) is 12.1 Å². The summed E-state index contributed by atoms with van der Waals surface area (Å²) >= 11 is 1.68. The molecule has 1 aromatic rings. The first-order valence-corrected chi connectivity index (χ1v) is 6.40. The summed E-state index contributed by atoms with van der Waals surface area (Å²) in [6.07, 6.45) is 2.04. The Bertz CT molecular complexity index is 380. The maximum Gasteiger partial charge on any atom is 0.193 e. The number of anilines is 1. The van der Waals surface area contributed by atoms with Crippen LogP contribution in [0.1, 0.15) is 20.8 Å². The first kappa shape index (κ1) is 12.9. The quantitative estimate of drug-likeness (QED) is 0.472. The lowest BCUT2D eigenvalue weighted by molar-refractivity contribution is 0.583. The molecule has 4 heteroatoms. The second-order valence-corrected chi connectivity index (χ2v) is 5.34. The van der Waals surface area contributed by atoms with Crippen LogP contribution in [-0.2, 0) is 0 Å². The minimum atomic E-state index is -0.161. The van der Waals surface area contributed by atoms with Crippen molar-refractivity contribution in [1.29, 1.82) is 0 Å². The Morgan fingerprint density at radius 3 is 2.50 bits per heavy atom. The standard InChI is InChI=1S/C12H19N3S/c1-12(2,3)15-11(13)14-9-7-5-6-8-10(9)16-4/h5-8H,1-4H3,(H3,13,14,15). The molecule has 0 amide bonds. The first-order valence-electron chi connectivity index (χ1n) is 5.18. The molecule has 0 saturated heterocycles. The van der Waals surface area contributed by atoms with Crippen LogP contribution in [0.5, 0.6) is 0 Å². The Morgan fingerprint density at radius 2 is 1.94 bits per heavy atom. The highest BCUT2D eigenvalue weighted by Crippen LogP contribution is 2.24. The van der Waals surface area contributed by atoms with Crippen LogP contribution in [0, 0.1) is 0 Å². The highest BCUT2D eigenvalue weighted by atomic mass is 32.2.